The quantitative estimate of drug-likeness (QED) is 0.554. The molecule has 0 aromatic carbocycles. The van der Waals surface area contributed by atoms with Gasteiger partial charge in [0.25, 0.3) is 0 Å². The SMILES string of the molecule is c1p[se][se][se][se]1. The van der Waals surface area contributed by atoms with Crippen molar-refractivity contribution in [2.24, 2.45) is 0 Å². The molecule has 0 atom stereocenters. The first-order valence-corrected chi connectivity index (χ1v) is 18.3. The third kappa shape index (κ3) is 2.53. The van der Waals surface area contributed by atoms with Crippen LogP contribution in [0, 0.1) is 0 Å². The number of rotatable bonds is 0. The molecule has 1 aromatic rings. The van der Waals surface area contributed by atoms with E-state index in [2.05, 4.69) is 4.67 Å². The molecule has 0 nitrogen and oxygen atoms in total. The van der Waals surface area contributed by atoms with Crippen molar-refractivity contribution >= 4 is 53.2 Å². The average Bonchev–Trinajstić information content (AvgIpc) is 1.72. The van der Waals surface area contributed by atoms with E-state index in [1.807, 2.05) is 0 Å². The normalized spacial score (nSPS) is 9.33. The van der Waals surface area contributed by atoms with Crippen molar-refractivity contribution in [3.8, 4) is 0 Å². The third-order valence-corrected chi connectivity index (χ3v) is 49.0. The van der Waals surface area contributed by atoms with Gasteiger partial charge >= 0.3 is 57.9 Å². The maximum atomic E-state index is 2.50. The van der Waals surface area contributed by atoms with E-state index in [9.17, 15) is 0 Å². The van der Waals surface area contributed by atoms with Gasteiger partial charge in [-0.05, 0) is 0 Å². The summed E-state index contributed by atoms with van der Waals surface area (Å²) in [6.07, 6.45) is 0. The van der Waals surface area contributed by atoms with Crippen molar-refractivity contribution in [1.82, 2.24) is 0 Å². The van der Waals surface area contributed by atoms with Crippen molar-refractivity contribution in [1.29, 1.82) is 0 Å². The van der Waals surface area contributed by atoms with E-state index >= 15 is 0 Å². The molecule has 0 aliphatic heterocycles. The van der Waals surface area contributed by atoms with Crippen LogP contribution < -0.4 is 0 Å². The van der Waals surface area contributed by atoms with E-state index in [1.54, 1.807) is 6.85 Å². The predicted octanol–water partition coefficient (Wildman–Crippen LogP) is -0.381. The summed E-state index contributed by atoms with van der Waals surface area (Å²) >= 11 is 2.10. The summed E-state index contributed by atoms with van der Waals surface area (Å²) in [5, 5.41) is 0. The van der Waals surface area contributed by atoms with E-state index in [-0.39, 0.29) is 0 Å². The van der Waals surface area contributed by atoms with Gasteiger partial charge in [0.1, 0.15) is 0 Å². The van der Waals surface area contributed by atoms with Gasteiger partial charge in [0.15, 0.2) is 0 Å². The van der Waals surface area contributed by atoms with Crippen LogP contribution in [0.3, 0.4) is 0 Å². The second-order valence-electron chi connectivity index (χ2n) is 0.518. The molecular formula is CHPSe4. The topological polar surface area (TPSA) is 0 Å². The number of hydrogen-bond acceptors (Lipinski definition) is 0. The zero-order valence-electron chi connectivity index (χ0n) is 2.66. The molecule has 6 heavy (non-hydrogen) atoms. The molecule has 1 aromatic heterocycles. The summed E-state index contributed by atoms with van der Waals surface area (Å²) in [4.78, 5) is 0. The van der Waals surface area contributed by atoms with Crippen molar-refractivity contribution in [2.75, 3.05) is 0 Å². The van der Waals surface area contributed by atoms with E-state index in [0.29, 0.717) is 0 Å². The van der Waals surface area contributed by atoms with Gasteiger partial charge < -0.3 is 0 Å². The van der Waals surface area contributed by atoms with E-state index in [0.717, 1.165) is 46.3 Å². The monoisotopic (exact) mass is 364 g/mol. The van der Waals surface area contributed by atoms with Gasteiger partial charge in [0.05, 0.1) is 0 Å². The molecule has 0 saturated carbocycles. The van der Waals surface area contributed by atoms with Crippen LogP contribution in [-0.2, 0) is 0 Å². The molecule has 0 unspecified atom stereocenters. The fourth-order valence-electron chi connectivity index (χ4n) is 0.0987. The van der Waals surface area contributed by atoms with Crippen LogP contribution in [0.4, 0.5) is 0 Å². The van der Waals surface area contributed by atoms with Crippen LogP contribution >= 0.6 is 6.85 Å². The van der Waals surface area contributed by atoms with Crippen LogP contribution in [0.1, 0.15) is 0 Å². The molecule has 0 aliphatic carbocycles. The second kappa shape index (κ2) is 4.16. The van der Waals surface area contributed by atoms with E-state index in [4.69, 9.17) is 0 Å². The zero-order valence-corrected chi connectivity index (χ0v) is 10.4. The Morgan fingerprint density at radius 3 is 2.50 bits per heavy atom. The molecule has 1 heterocycles. The summed E-state index contributed by atoms with van der Waals surface area (Å²) in [6, 6.07) is 0. The van der Waals surface area contributed by atoms with Gasteiger partial charge in [0, 0.05) is 0 Å². The van der Waals surface area contributed by atoms with Gasteiger partial charge in [-0.25, -0.2) is 0 Å². The molecule has 0 amide bonds. The summed E-state index contributed by atoms with van der Waals surface area (Å²) in [7, 11) is 2.31. The number of hydrogen-bond donors (Lipinski definition) is 0. The third-order valence-electron chi connectivity index (χ3n) is 0.227. The Morgan fingerprint density at radius 1 is 1.33 bits per heavy atom. The Bertz CT molecular complexity index is 79.5. The zero-order chi connectivity index (χ0) is 4.24. The summed E-state index contributed by atoms with van der Waals surface area (Å²) in [5.41, 5.74) is 0. The molecule has 0 bridgehead atoms. The molecule has 1 rings (SSSR count). The van der Waals surface area contributed by atoms with Crippen molar-refractivity contribution in [3.05, 3.63) is 4.67 Å². The van der Waals surface area contributed by atoms with Gasteiger partial charge in [-0.15, -0.1) is 0 Å². The Kier molecular flexibility index (Phi) is 4.41. The van der Waals surface area contributed by atoms with E-state index in [1.165, 1.54) is 0 Å². The first-order chi connectivity index (χ1) is 3.00. The maximum absolute atomic E-state index is 2.50. The van der Waals surface area contributed by atoms with Crippen LogP contribution in [0.5, 0.6) is 0 Å². The van der Waals surface area contributed by atoms with Gasteiger partial charge in [-0.3, -0.25) is 0 Å². The average molecular weight is 360 g/mol. The molecule has 0 aliphatic rings. The van der Waals surface area contributed by atoms with Crippen LogP contribution in [0.25, 0.3) is 0 Å². The van der Waals surface area contributed by atoms with Gasteiger partial charge in [-0.2, -0.15) is 0 Å². The molecular weight excluding hydrogens is 359 g/mol. The van der Waals surface area contributed by atoms with Gasteiger partial charge in [-0.1, -0.05) is 0 Å². The first kappa shape index (κ1) is 6.37. The summed E-state index contributed by atoms with van der Waals surface area (Å²) < 4.78 is 2.50. The molecule has 5 heteroatoms. The molecule has 0 N–H and O–H groups in total. The van der Waals surface area contributed by atoms with Crippen molar-refractivity contribution in [2.45, 2.75) is 0 Å². The van der Waals surface area contributed by atoms with Crippen LogP contribution in [0.15, 0.2) is 4.67 Å². The van der Waals surface area contributed by atoms with E-state index < -0.39 is 0 Å². The second-order valence-corrected chi connectivity index (χ2v) is 31.0. The van der Waals surface area contributed by atoms with Crippen LogP contribution in [0.2, 0.25) is 0 Å². The fraction of sp³-hybridized carbons (Fsp3) is 0. The Hall–Kier alpha value is 2.25. The molecule has 0 radical (unpaired) electrons. The Labute approximate surface area is 57.1 Å². The molecule has 34 valence electrons. The van der Waals surface area contributed by atoms with Crippen molar-refractivity contribution < 1.29 is 0 Å². The predicted molar refractivity (Wildman–Crippen MR) is 34.3 cm³/mol. The molecule has 0 spiro atoms. The Morgan fingerprint density at radius 2 is 2.33 bits per heavy atom. The van der Waals surface area contributed by atoms with Crippen molar-refractivity contribution in [3.63, 3.8) is 0 Å². The van der Waals surface area contributed by atoms with Gasteiger partial charge in [0.2, 0.25) is 0 Å². The summed E-state index contributed by atoms with van der Waals surface area (Å²) in [6.45, 7) is 1.71. The van der Waals surface area contributed by atoms with Crippen LogP contribution in [-0.4, -0.2) is 46.3 Å². The summed E-state index contributed by atoms with van der Waals surface area (Å²) in [5.74, 6) is 0. The standard InChI is InChI=1S/CHPSe4/c1-2-4-6-5-3-1/h1H. The molecule has 0 fully saturated rings. The fourth-order valence-corrected chi connectivity index (χ4v) is 68.4. The minimum atomic E-state index is 1.02. The first-order valence-electron chi connectivity index (χ1n) is 1.18. The molecule has 0 saturated heterocycles. The minimum absolute atomic E-state index is 1.02. The Balaban J connectivity index is 3.00.